The van der Waals surface area contributed by atoms with Gasteiger partial charge in [0.15, 0.2) is 0 Å². The second-order valence-corrected chi connectivity index (χ2v) is 10.3. The van der Waals surface area contributed by atoms with E-state index in [0.717, 1.165) is 65.5 Å². The number of allylic oxidation sites excluding steroid dienone is 2. The maximum absolute atomic E-state index is 6.36. The Morgan fingerprint density at radius 3 is 2.83 bits per heavy atom. The molecule has 1 spiro atoms. The van der Waals surface area contributed by atoms with Crippen LogP contribution in [0.3, 0.4) is 0 Å². The molecular formula is C25H24ClN7OS. The van der Waals surface area contributed by atoms with Crippen LogP contribution in [0.1, 0.15) is 18.4 Å². The third-order valence-corrected chi connectivity index (χ3v) is 8.30. The van der Waals surface area contributed by atoms with Gasteiger partial charge < -0.3 is 20.3 Å². The quantitative estimate of drug-likeness (QED) is 0.651. The Balaban J connectivity index is 1.20. The van der Waals surface area contributed by atoms with E-state index in [1.807, 2.05) is 48.5 Å². The van der Waals surface area contributed by atoms with Crippen molar-refractivity contribution in [1.29, 1.82) is 0 Å². The summed E-state index contributed by atoms with van der Waals surface area (Å²) in [5.74, 6) is 3.65. The molecule has 4 aliphatic rings. The summed E-state index contributed by atoms with van der Waals surface area (Å²) < 4.78 is 6.31. The number of halogens is 1. The van der Waals surface area contributed by atoms with Crippen LogP contribution in [0, 0.1) is 0 Å². The second kappa shape index (κ2) is 8.73. The van der Waals surface area contributed by atoms with Gasteiger partial charge in [0.2, 0.25) is 5.88 Å². The highest BCUT2D eigenvalue weighted by atomic mass is 35.5. The molecule has 178 valence electrons. The molecule has 2 aromatic heterocycles. The number of aliphatic imine (C=N–C) groups is 2. The number of thioether (sulfide) groups is 1. The minimum absolute atomic E-state index is 0.155. The largest absolute Gasteiger partial charge is 0.470 e. The van der Waals surface area contributed by atoms with E-state index in [2.05, 4.69) is 20.9 Å². The summed E-state index contributed by atoms with van der Waals surface area (Å²) in [4.78, 5) is 24.3. The van der Waals surface area contributed by atoms with Crippen molar-refractivity contribution in [1.82, 2.24) is 19.8 Å². The summed E-state index contributed by atoms with van der Waals surface area (Å²) in [5, 5.41) is 0.450. The lowest BCUT2D eigenvalue weighted by atomic mass is 9.87. The van der Waals surface area contributed by atoms with Gasteiger partial charge in [0.1, 0.15) is 28.9 Å². The molecule has 10 heteroatoms. The van der Waals surface area contributed by atoms with Crippen LogP contribution in [0.4, 0.5) is 5.82 Å². The Labute approximate surface area is 212 Å². The number of likely N-dealkylation sites (tertiary alicyclic amines) is 1. The van der Waals surface area contributed by atoms with E-state index in [-0.39, 0.29) is 5.60 Å². The van der Waals surface area contributed by atoms with Gasteiger partial charge in [0.25, 0.3) is 0 Å². The third-order valence-electron chi connectivity index (χ3n) is 6.69. The number of piperidine rings is 1. The van der Waals surface area contributed by atoms with Gasteiger partial charge in [0, 0.05) is 68.5 Å². The van der Waals surface area contributed by atoms with E-state index < -0.39 is 0 Å². The zero-order valence-corrected chi connectivity index (χ0v) is 20.8. The molecule has 1 fully saturated rings. The highest BCUT2D eigenvalue weighted by molar-refractivity contribution is 8.04. The van der Waals surface area contributed by atoms with Crippen LogP contribution in [-0.4, -0.2) is 57.2 Å². The van der Waals surface area contributed by atoms with Crippen molar-refractivity contribution in [3.63, 3.8) is 0 Å². The summed E-state index contributed by atoms with van der Waals surface area (Å²) in [5.41, 5.74) is 6.92. The minimum Gasteiger partial charge on any atom is -0.470 e. The maximum atomic E-state index is 6.36. The number of hydrogen-bond donors (Lipinski definition) is 1. The van der Waals surface area contributed by atoms with Gasteiger partial charge in [-0.15, -0.1) is 0 Å². The zero-order valence-electron chi connectivity index (χ0n) is 19.2. The van der Waals surface area contributed by atoms with E-state index in [4.69, 9.17) is 32.1 Å². The average Bonchev–Trinajstić information content (AvgIpc) is 3.22. The van der Waals surface area contributed by atoms with Gasteiger partial charge in [-0.1, -0.05) is 29.4 Å². The van der Waals surface area contributed by atoms with Crippen LogP contribution in [0.2, 0.25) is 5.02 Å². The number of anilines is 1. The zero-order chi connectivity index (χ0) is 24.0. The molecule has 2 aromatic rings. The summed E-state index contributed by atoms with van der Waals surface area (Å²) >= 11 is 7.87. The Hall–Kier alpha value is -3.30. The first-order valence-corrected chi connectivity index (χ1v) is 12.7. The fraction of sp³-hybridized carbons (Fsp3) is 0.280. The highest BCUT2D eigenvalue weighted by Gasteiger charge is 2.43. The molecule has 0 saturated carbocycles. The Kier molecular flexibility index (Phi) is 5.53. The number of nitrogens with two attached hydrogens (primary N) is 1. The summed E-state index contributed by atoms with van der Waals surface area (Å²) in [6.07, 6.45) is 14.1. The number of amidine groups is 2. The molecular weight excluding hydrogens is 482 g/mol. The molecule has 0 amide bonds. The van der Waals surface area contributed by atoms with Crippen LogP contribution < -0.4 is 10.5 Å². The van der Waals surface area contributed by atoms with Crippen LogP contribution in [-0.2, 0) is 6.42 Å². The standard InChI is InChI=1S/C25H24ClN7OS/c1-32-19-5-4-18(35-17-6-11-28-22(27)21(17)26)23(32)29-12-7-20(31-19)33-13-8-25(9-14-33)15-16-3-2-10-30-24(16)34-25/h2-7,10-12H,8-9,13-15H2,1H3,(H2,27,28)/b12-7+,20-7?,29-12?,29-23-,31-19?,31-20+. The number of nitrogen functional groups attached to an aromatic ring is 1. The molecule has 0 aliphatic carbocycles. The third kappa shape index (κ3) is 4.08. The van der Waals surface area contributed by atoms with E-state index in [0.29, 0.717) is 10.8 Å². The molecule has 6 rings (SSSR count). The Morgan fingerprint density at radius 2 is 2.00 bits per heavy atom. The van der Waals surface area contributed by atoms with Gasteiger partial charge in [-0.05, 0) is 30.4 Å². The fourth-order valence-corrected chi connectivity index (χ4v) is 5.96. The molecule has 0 radical (unpaired) electrons. The average molecular weight is 506 g/mol. The van der Waals surface area contributed by atoms with Crippen molar-refractivity contribution < 1.29 is 4.74 Å². The molecule has 1 saturated heterocycles. The number of fused-ring (bicyclic) bond motifs is 3. The van der Waals surface area contributed by atoms with Gasteiger partial charge in [-0.2, -0.15) is 0 Å². The first-order chi connectivity index (χ1) is 17.0. The maximum Gasteiger partial charge on any atom is 0.217 e. The van der Waals surface area contributed by atoms with Crippen LogP contribution >= 0.6 is 23.4 Å². The number of nitrogens with zero attached hydrogens (tertiary/aromatic N) is 6. The van der Waals surface area contributed by atoms with Crippen molar-refractivity contribution in [3.05, 3.63) is 76.3 Å². The number of aromatic nitrogens is 2. The molecule has 35 heavy (non-hydrogen) atoms. The van der Waals surface area contributed by atoms with E-state index in [1.54, 1.807) is 12.4 Å². The first-order valence-electron chi connectivity index (χ1n) is 11.5. The minimum atomic E-state index is -0.155. The van der Waals surface area contributed by atoms with Gasteiger partial charge >= 0.3 is 0 Å². The fourth-order valence-electron chi connectivity index (χ4n) is 4.76. The summed E-state index contributed by atoms with van der Waals surface area (Å²) in [7, 11) is 1.98. The molecule has 0 atom stereocenters. The predicted molar refractivity (Wildman–Crippen MR) is 140 cm³/mol. The molecule has 6 heterocycles. The lowest BCUT2D eigenvalue weighted by molar-refractivity contribution is 0.0347. The van der Waals surface area contributed by atoms with E-state index in [9.17, 15) is 0 Å². The molecule has 0 aromatic carbocycles. The number of pyridine rings is 2. The lowest BCUT2D eigenvalue weighted by Gasteiger charge is -2.39. The Bertz CT molecular complexity index is 1310. The van der Waals surface area contributed by atoms with Crippen molar-refractivity contribution in [3.8, 4) is 5.88 Å². The number of rotatable bonds is 2. The van der Waals surface area contributed by atoms with Crippen molar-refractivity contribution in [2.45, 2.75) is 29.8 Å². The first kappa shape index (κ1) is 22.2. The summed E-state index contributed by atoms with van der Waals surface area (Å²) in [6.45, 7) is 1.73. The van der Waals surface area contributed by atoms with Gasteiger partial charge in [-0.3, -0.25) is 0 Å². The highest BCUT2D eigenvalue weighted by Crippen LogP contribution is 2.40. The van der Waals surface area contributed by atoms with Crippen molar-refractivity contribution in [2.75, 3.05) is 25.9 Å². The predicted octanol–water partition coefficient (Wildman–Crippen LogP) is 4.27. The van der Waals surface area contributed by atoms with E-state index >= 15 is 0 Å². The number of ether oxygens (including phenoxy) is 1. The van der Waals surface area contributed by atoms with Crippen LogP contribution in [0.5, 0.6) is 5.88 Å². The smallest absolute Gasteiger partial charge is 0.217 e. The van der Waals surface area contributed by atoms with Gasteiger partial charge in [-0.25, -0.2) is 20.0 Å². The molecule has 2 N–H and O–H groups in total. The normalized spacial score (nSPS) is 24.2. The molecule has 2 bridgehead atoms. The molecule has 0 unspecified atom stereocenters. The molecule has 8 nitrogen and oxygen atoms in total. The SMILES string of the molecule is CN1C2=CC=C(Sc3ccnc(N)c3Cl)/C1=N/C=C/C(N1CCC3(CC1)Cc1cccnc1O3)=N\2. The van der Waals surface area contributed by atoms with Crippen molar-refractivity contribution >= 4 is 40.9 Å². The van der Waals surface area contributed by atoms with Crippen molar-refractivity contribution in [2.24, 2.45) is 9.98 Å². The second-order valence-electron chi connectivity index (χ2n) is 8.88. The van der Waals surface area contributed by atoms with Crippen LogP contribution in [0.25, 0.3) is 0 Å². The topological polar surface area (TPSA) is 92.2 Å². The van der Waals surface area contributed by atoms with Gasteiger partial charge in [0.05, 0.1) is 9.93 Å². The lowest BCUT2D eigenvalue weighted by Crippen LogP contribution is -2.49. The van der Waals surface area contributed by atoms with Crippen LogP contribution in [0.15, 0.2) is 80.6 Å². The molecule has 4 aliphatic heterocycles. The summed E-state index contributed by atoms with van der Waals surface area (Å²) in [6, 6.07) is 5.95. The Morgan fingerprint density at radius 1 is 1.14 bits per heavy atom. The number of likely N-dealkylation sites (N-methyl/N-ethyl adjacent to an activating group) is 1. The van der Waals surface area contributed by atoms with E-state index in [1.165, 1.54) is 17.3 Å². The monoisotopic (exact) mass is 505 g/mol. The number of hydrogen-bond acceptors (Lipinski definition) is 9.